The molecule has 456 valence electrons. The molecule has 0 aromatic heterocycles. The molecule has 6 heteroatoms. The topological polar surface area (TPSA) is 78.9 Å². The zero-order valence-corrected chi connectivity index (χ0v) is 52.4. The normalized spacial score (nSPS) is 12.6. The fourth-order valence-electron chi connectivity index (χ4n) is 9.80. The fourth-order valence-corrected chi connectivity index (χ4v) is 9.80. The van der Waals surface area contributed by atoms with Crippen LogP contribution in [0.2, 0.25) is 0 Å². The lowest BCUT2D eigenvalue weighted by Gasteiger charge is -2.18. The second-order valence-corrected chi connectivity index (χ2v) is 22.7. The average Bonchev–Trinajstić information content (AvgIpc) is 3.45. The quantitative estimate of drug-likeness (QED) is 0.0261. The number of rotatable bonds is 62. The van der Waals surface area contributed by atoms with Crippen LogP contribution in [0.1, 0.15) is 342 Å². The summed E-state index contributed by atoms with van der Waals surface area (Å²) >= 11 is 0. The molecule has 6 nitrogen and oxygen atoms in total. The molecule has 0 radical (unpaired) electrons. The van der Waals surface area contributed by atoms with Crippen LogP contribution in [0.15, 0.2) is 85.1 Å². The van der Waals surface area contributed by atoms with Crippen molar-refractivity contribution in [1.82, 2.24) is 0 Å². The lowest BCUT2D eigenvalue weighted by atomic mass is 10.0. The largest absolute Gasteiger partial charge is 0.462 e. The predicted molar refractivity (Wildman–Crippen MR) is 344 cm³/mol. The number of hydrogen-bond acceptors (Lipinski definition) is 6. The summed E-state index contributed by atoms with van der Waals surface area (Å²) < 4.78 is 17.0. The Labute approximate surface area is 490 Å². The van der Waals surface area contributed by atoms with Gasteiger partial charge in [-0.25, -0.2) is 0 Å². The van der Waals surface area contributed by atoms with Gasteiger partial charge in [-0.05, 0) is 96.3 Å². The SMILES string of the molecule is CC/C=C\C/C=C\C/C=C\C/C=C\C/C=C\C/C=C\CCCCCCC(=O)OCC(COC(=O)CCCCCCCCCCCCCCCCCCC)OC(=O)CCCCCCCCCCC/C=C\CCCCCCCCCC. The number of ether oxygens (including phenoxy) is 3. The van der Waals surface area contributed by atoms with Gasteiger partial charge in [-0.1, -0.05) is 311 Å². The molecule has 0 bridgehead atoms. The van der Waals surface area contributed by atoms with Crippen LogP contribution in [0.3, 0.4) is 0 Å². The van der Waals surface area contributed by atoms with E-state index in [1.165, 1.54) is 193 Å². The molecule has 0 heterocycles. The van der Waals surface area contributed by atoms with E-state index in [0.717, 1.165) is 109 Å². The first-order valence-electron chi connectivity index (χ1n) is 34.1. The summed E-state index contributed by atoms with van der Waals surface area (Å²) in [5, 5.41) is 0. The van der Waals surface area contributed by atoms with Gasteiger partial charge in [0.25, 0.3) is 0 Å². The zero-order valence-electron chi connectivity index (χ0n) is 52.4. The van der Waals surface area contributed by atoms with Crippen molar-refractivity contribution in [1.29, 1.82) is 0 Å². The number of esters is 3. The van der Waals surface area contributed by atoms with Gasteiger partial charge in [0.2, 0.25) is 0 Å². The van der Waals surface area contributed by atoms with Gasteiger partial charge in [0.15, 0.2) is 6.10 Å². The molecule has 79 heavy (non-hydrogen) atoms. The van der Waals surface area contributed by atoms with E-state index in [2.05, 4.69) is 106 Å². The monoisotopic (exact) mass is 1100 g/mol. The van der Waals surface area contributed by atoms with Crippen LogP contribution >= 0.6 is 0 Å². The van der Waals surface area contributed by atoms with Gasteiger partial charge in [-0.2, -0.15) is 0 Å². The van der Waals surface area contributed by atoms with E-state index < -0.39 is 6.10 Å². The third-order valence-electron chi connectivity index (χ3n) is 14.9. The van der Waals surface area contributed by atoms with Gasteiger partial charge < -0.3 is 14.2 Å². The van der Waals surface area contributed by atoms with Gasteiger partial charge in [-0.15, -0.1) is 0 Å². The molecule has 0 saturated heterocycles. The van der Waals surface area contributed by atoms with Crippen LogP contribution in [0.25, 0.3) is 0 Å². The molecular weight excluding hydrogens is 973 g/mol. The summed E-state index contributed by atoms with van der Waals surface area (Å²) in [5.41, 5.74) is 0. The molecule has 0 aliphatic rings. The number of allylic oxidation sites excluding steroid dienone is 14. The van der Waals surface area contributed by atoms with E-state index in [4.69, 9.17) is 14.2 Å². The maximum Gasteiger partial charge on any atom is 0.306 e. The van der Waals surface area contributed by atoms with Gasteiger partial charge in [0.1, 0.15) is 13.2 Å². The Morgan fingerprint density at radius 1 is 0.266 bits per heavy atom. The number of hydrogen-bond donors (Lipinski definition) is 0. The Kier molecular flexibility index (Phi) is 64.2. The molecule has 1 unspecified atom stereocenters. The molecule has 0 amide bonds. The minimum Gasteiger partial charge on any atom is -0.462 e. The Hall–Kier alpha value is -3.41. The maximum absolute atomic E-state index is 13.0. The number of unbranched alkanes of at least 4 members (excludes halogenated alkanes) is 37. The summed E-state index contributed by atoms with van der Waals surface area (Å²) in [6, 6.07) is 0. The van der Waals surface area contributed by atoms with Gasteiger partial charge in [0.05, 0.1) is 0 Å². The highest BCUT2D eigenvalue weighted by molar-refractivity contribution is 5.71. The van der Waals surface area contributed by atoms with Crippen LogP contribution in [-0.4, -0.2) is 37.2 Å². The maximum atomic E-state index is 13.0. The highest BCUT2D eigenvalue weighted by Gasteiger charge is 2.19. The van der Waals surface area contributed by atoms with Crippen LogP contribution in [0.5, 0.6) is 0 Å². The van der Waals surface area contributed by atoms with E-state index >= 15 is 0 Å². The van der Waals surface area contributed by atoms with Crippen molar-refractivity contribution in [3.05, 3.63) is 85.1 Å². The number of carbonyl (C=O) groups is 3. The van der Waals surface area contributed by atoms with E-state index in [0.29, 0.717) is 19.3 Å². The molecule has 0 aliphatic heterocycles. The first-order chi connectivity index (χ1) is 39.0. The van der Waals surface area contributed by atoms with E-state index in [9.17, 15) is 14.4 Å². The Morgan fingerprint density at radius 2 is 0.494 bits per heavy atom. The minimum atomic E-state index is -0.789. The van der Waals surface area contributed by atoms with Crippen molar-refractivity contribution in [2.45, 2.75) is 348 Å². The first kappa shape index (κ1) is 75.6. The zero-order chi connectivity index (χ0) is 57.1. The summed E-state index contributed by atoms with van der Waals surface area (Å²) in [5.74, 6) is -0.892. The van der Waals surface area contributed by atoms with Crippen molar-refractivity contribution in [2.75, 3.05) is 13.2 Å². The molecule has 0 aliphatic carbocycles. The van der Waals surface area contributed by atoms with Crippen molar-refractivity contribution in [2.24, 2.45) is 0 Å². The molecule has 1 atom stereocenters. The first-order valence-corrected chi connectivity index (χ1v) is 34.1. The average molecular weight is 1100 g/mol. The van der Waals surface area contributed by atoms with Crippen LogP contribution in [0.4, 0.5) is 0 Å². The standard InChI is InChI=1S/C73H128O6/c1-4-7-10-13-16-19-22-25-28-31-33-35-36-38-39-42-45-48-51-54-57-60-63-66-72(75)78-69-70(68-77-71(74)65-62-59-56-53-50-47-44-41-30-27-24-21-18-15-12-9-6-3)79-73(76)67-64-61-58-55-52-49-46-43-40-37-34-32-29-26-23-20-17-14-11-8-5-2/h7,10,16,19,25,28,32-35,38-39,45,48,70H,4-6,8-9,11-15,17-18,20-24,26-27,29-31,36-37,40-44,46-47,49-69H2,1-3H3/b10-7-,19-16-,28-25-,34-32-,35-33-,39-38-,48-45-. The highest BCUT2D eigenvalue weighted by Crippen LogP contribution is 2.17. The molecule has 0 N–H and O–H groups in total. The van der Waals surface area contributed by atoms with Crippen molar-refractivity contribution < 1.29 is 28.6 Å². The Bertz CT molecular complexity index is 1500. The van der Waals surface area contributed by atoms with Gasteiger partial charge in [-0.3, -0.25) is 14.4 Å². The summed E-state index contributed by atoms with van der Waals surface area (Å²) in [6.45, 7) is 6.55. The number of carbonyl (C=O) groups excluding carboxylic acids is 3. The molecule has 0 fully saturated rings. The van der Waals surface area contributed by atoms with Crippen LogP contribution < -0.4 is 0 Å². The Balaban J connectivity index is 4.41. The molecule has 0 rings (SSSR count). The molecule has 0 aromatic rings. The molecule has 0 spiro atoms. The third kappa shape index (κ3) is 65.3. The highest BCUT2D eigenvalue weighted by atomic mass is 16.6. The third-order valence-corrected chi connectivity index (χ3v) is 14.9. The fraction of sp³-hybridized carbons (Fsp3) is 0.767. The lowest BCUT2D eigenvalue weighted by molar-refractivity contribution is -0.167. The van der Waals surface area contributed by atoms with Crippen molar-refractivity contribution in [3.8, 4) is 0 Å². The van der Waals surface area contributed by atoms with Crippen molar-refractivity contribution >= 4 is 17.9 Å². The molecular formula is C73H128O6. The van der Waals surface area contributed by atoms with Gasteiger partial charge >= 0.3 is 17.9 Å². The van der Waals surface area contributed by atoms with E-state index in [-0.39, 0.29) is 31.1 Å². The van der Waals surface area contributed by atoms with E-state index in [1.54, 1.807) is 0 Å². The van der Waals surface area contributed by atoms with Crippen LogP contribution in [-0.2, 0) is 28.6 Å². The second kappa shape index (κ2) is 67.1. The molecule has 0 saturated carbocycles. The van der Waals surface area contributed by atoms with E-state index in [1.807, 2.05) is 0 Å². The second-order valence-electron chi connectivity index (χ2n) is 22.7. The van der Waals surface area contributed by atoms with Crippen molar-refractivity contribution in [3.63, 3.8) is 0 Å². The van der Waals surface area contributed by atoms with Crippen LogP contribution in [0, 0.1) is 0 Å². The molecule has 0 aromatic carbocycles. The summed E-state index contributed by atoms with van der Waals surface area (Å²) in [4.78, 5) is 38.4. The Morgan fingerprint density at radius 3 is 0.785 bits per heavy atom. The predicted octanol–water partition coefficient (Wildman–Crippen LogP) is 23.4. The lowest BCUT2D eigenvalue weighted by Crippen LogP contribution is -2.30. The smallest absolute Gasteiger partial charge is 0.306 e. The van der Waals surface area contributed by atoms with Gasteiger partial charge in [0, 0.05) is 19.3 Å². The summed E-state index contributed by atoms with van der Waals surface area (Å²) in [7, 11) is 0. The minimum absolute atomic E-state index is 0.0823. The summed E-state index contributed by atoms with van der Waals surface area (Å²) in [6.07, 6.45) is 88.8.